The molecule has 0 bridgehead atoms. The van der Waals surface area contributed by atoms with E-state index in [2.05, 4.69) is 41.4 Å². The second-order valence-corrected chi connectivity index (χ2v) is 6.66. The summed E-state index contributed by atoms with van der Waals surface area (Å²) in [7, 11) is 4.08. The SMILES string of the molecule is Cc1ccc(NC(=O)c2cc(NCCCN(C)C)ncn2)c(Br)c1. The summed E-state index contributed by atoms with van der Waals surface area (Å²) in [5.74, 6) is 0.384. The Bertz CT molecular complexity index is 705. The van der Waals surface area contributed by atoms with E-state index in [0.717, 1.165) is 29.5 Å². The highest BCUT2D eigenvalue weighted by Crippen LogP contribution is 2.23. The highest BCUT2D eigenvalue weighted by Gasteiger charge is 2.11. The third kappa shape index (κ3) is 5.58. The third-order valence-electron chi connectivity index (χ3n) is 3.36. The molecule has 2 N–H and O–H groups in total. The fourth-order valence-electron chi connectivity index (χ4n) is 2.10. The van der Waals surface area contributed by atoms with Crippen LogP contribution in [0.5, 0.6) is 0 Å². The molecule has 0 saturated carbocycles. The number of aryl methyl sites for hydroxylation is 1. The van der Waals surface area contributed by atoms with Gasteiger partial charge in [0.1, 0.15) is 17.8 Å². The summed E-state index contributed by atoms with van der Waals surface area (Å²) in [6.07, 6.45) is 2.39. The molecule has 0 radical (unpaired) electrons. The minimum absolute atomic E-state index is 0.265. The van der Waals surface area contributed by atoms with E-state index in [0.29, 0.717) is 17.2 Å². The Hall–Kier alpha value is -1.99. The quantitative estimate of drug-likeness (QED) is 0.709. The topological polar surface area (TPSA) is 70.2 Å². The Morgan fingerprint density at radius 1 is 1.25 bits per heavy atom. The van der Waals surface area contributed by atoms with Gasteiger partial charge in [0.15, 0.2) is 0 Å². The Morgan fingerprint density at radius 3 is 2.75 bits per heavy atom. The second-order valence-electron chi connectivity index (χ2n) is 5.81. The lowest BCUT2D eigenvalue weighted by Gasteiger charge is -2.11. The number of amides is 1. The second kappa shape index (κ2) is 8.75. The largest absolute Gasteiger partial charge is 0.370 e. The smallest absolute Gasteiger partial charge is 0.274 e. The molecule has 7 heteroatoms. The zero-order valence-corrected chi connectivity index (χ0v) is 15.7. The van der Waals surface area contributed by atoms with Crippen LogP contribution >= 0.6 is 15.9 Å². The molecule has 0 aliphatic rings. The van der Waals surface area contributed by atoms with E-state index < -0.39 is 0 Å². The normalized spacial score (nSPS) is 10.7. The monoisotopic (exact) mass is 391 g/mol. The molecule has 1 aromatic carbocycles. The molecule has 0 atom stereocenters. The third-order valence-corrected chi connectivity index (χ3v) is 4.02. The average molecular weight is 392 g/mol. The van der Waals surface area contributed by atoms with Crippen molar-refractivity contribution in [1.82, 2.24) is 14.9 Å². The van der Waals surface area contributed by atoms with Crippen molar-refractivity contribution in [2.75, 3.05) is 37.8 Å². The number of nitrogens with one attached hydrogen (secondary N) is 2. The van der Waals surface area contributed by atoms with Crippen molar-refractivity contribution in [3.63, 3.8) is 0 Å². The van der Waals surface area contributed by atoms with E-state index in [1.807, 2.05) is 39.2 Å². The van der Waals surface area contributed by atoms with E-state index in [1.165, 1.54) is 6.33 Å². The lowest BCUT2D eigenvalue weighted by Crippen LogP contribution is -2.17. The number of nitrogens with zero attached hydrogens (tertiary/aromatic N) is 3. The first kappa shape index (κ1) is 18.4. The van der Waals surface area contributed by atoms with Crippen LogP contribution in [0, 0.1) is 6.92 Å². The first-order valence-corrected chi connectivity index (χ1v) is 8.53. The van der Waals surface area contributed by atoms with Crippen LogP contribution in [-0.4, -0.2) is 48.0 Å². The predicted octanol–water partition coefficient (Wildman–Crippen LogP) is 3.16. The summed E-state index contributed by atoms with van der Waals surface area (Å²) < 4.78 is 0.840. The lowest BCUT2D eigenvalue weighted by atomic mass is 10.2. The van der Waals surface area contributed by atoms with Crippen LogP contribution < -0.4 is 10.6 Å². The average Bonchev–Trinajstić information content (AvgIpc) is 2.54. The lowest BCUT2D eigenvalue weighted by molar-refractivity contribution is 0.102. The number of hydrogen-bond donors (Lipinski definition) is 2. The molecule has 24 heavy (non-hydrogen) atoms. The van der Waals surface area contributed by atoms with Crippen molar-refractivity contribution in [3.8, 4) is 0 Å². The first-order valence-electron chi connectivity index (χ1n) is 7.74. The molecule has 0 spiro atoms. The zero-order valence-electron chi connectivity index (χ0n) is 14.1. The van der Waals surface area contributed by atoms with Gasteiger partial charge in [0.05, 0.1) is 5.69 Å². The van der Waals surface area contributed by atoms with Crippen molar-refractivity contribution < 1.29 is 4.79 Å². The maximum Gasteiger partial charge on any atom is 0.274 e. The maximum atomic E-state index is 12.4. The van der Waals surface area contributed by atoms with Gasteiger partial charge in [-0.3, -0.25) is 4.79 Å². The minimum Gasteiger partial charge on any atom is -0.370 e. The van der Waals surface area contributed by atoms with Gasteiger partial charge in [-0.2, -0.15) is 0 Å². The Labute approximate surface area is 150 Å². The van der Waals surface area contributed by atoms with Crippen molar-refractivity contribution in [2.45, 2.75) is 13.3 Å². The van der Waals surface area contributed by atoms with E-state index in [1.54, 1.807) is 6.07 Å². The van der Waals surface area contributed by atoms with E-state index in [4.69, 9.17) is 0 Å². The summed E-state index contributed by atoms with van der Waals surface area (Å²) in [5.41, 5.74) is 2.16. The summed E-state index contributed by atoms with van der Waals surface area (Å²) in [6.45, 7) is 3.78. The number of hydrogen-bond acceptors (Lipinski definition) is 5. The zero-order chi connectivity index (χ0) is 17.5. The number of halogens is 1. The molecule has 0 saturated heterocycles. The molecule has 0 fully saturated rings. The molecule has 0 unspecified atom stereocenters. The number of benzene rings is 1. The number of aromatic nitrogens is 2. The van der Waals surface area contributed by atoms with E-state index in [9.17, 15) is 4.79 Å². The van der Waals surface area contributed by atoms with Crippen molar-refractivity contribution in [3.05, 3.63) is 46.3 Å². The molecule has 1 amide bonds. The molecular weight excluding hydrogens is 370 g/mol. The van der Waals surface area contributed by atoms with Gasteiger partial charge in [-0.15, -0.1) is 0 Å². The standard InChI is InChI=1S/C17H22BrN5O/c1-12-5-6-14(13(18)9-12)22-17(24)15-10-16(21-11-20-15)19-7-4-8-23(2)3/h5-6,9-11H,4,7-8H2,1-3H3,(H,22,24)(H,19,20,21). The van der Waals surface area contributed by atoms with Gasteiger partial charge in [-0.05, 0) is 67.6 Å². The van der Waals surface area contributed by atoms with Crippen LogP contribution in [0.3, 0.4) is 0 Å². The minimum atomic E-state index is -0.265. The van der Waals surface area contributed by atoms with Crippen LogP contribution in [-0.2, 0) is 0 Å². The molecule has 2 aromatic rings. The van der Waals surface area contributed by atoms with Crippen molar-refractivity contribution in [2.24, 2.45) is 0 Å². The highest BCUT2D eigenvalue weighted by atomic mass is 79.9. The molecule has 1 heterocycles. The molecule has 2 rings (SSSR count). The van der Waals surface area contributed by atoms with Gasteiger partial charge in [0, 0.05) is 17.1 Å². The molecule has 0 aliphatic carbocycles. The summed E-state index contributed by atoms with van der Waals surface area (Å²) in [6, 6.07) is 7.41. The summed E-state index contributed by atoms with van der Waals surface area (Å²) in [5, 5.41) is 6.06. The van der Waals surface area contributed by atoms with Gasteiger partial charge in [-0.25, -0.2) is 9.97 Å². The van der Waals surface area contributed by atoms with Crippen LogP contribution in [0.2, 0.25) is 0 Å². The van der Waals surface area contributed by atoms with Gasteiger partial charge >= 0.3 is 0 Å². The highest BCUT2D eigenvalue weighted by molar-refractivity contribution is 9.10. The Kier molecular flexibility index (Phi) is 6.69. The first-order chi connectivity index (χ1) is 11.5. The number of anilines is 2. The molecular formula is C17H22BrN5O. The van der Waals surface area contributed by atoms with Crippen LogP contribution in [0.4, 0.5) is 11.5 Å². The molecule has 6 nitrogen and oxygen atoms in total. The van der Waals surface area contributed by atoms with Crippen LogP contribution in [0.15, 0.2) is 35.1 Å². The predicted molar refractivity (Wildman–Crippen MR) is 101 cm³/mol. The summed E-state index contributed by atoms with van der Waals surface area (Å²) >= 11 is 3.45. The number of carbonyl (C=O) groups excluding carboxylic acids is 1. The van der Waals surface area contributed by atoms with E-state index >= 15 is 0 Å². The fourth-order valence-corrected chi connectivity index (χ4v) is 2.69. The van der Waals surface area contributed by atoms with Gasteiger partial charge in [0.2, 0.25) is 0 Å². The fraction of sp³-hybridized carbons (Fsp3) is 0.353. The molecule has 0 aliphatic heterocycles. The van der Waals surface area contributed by atoms with Crippen molar-refractivity contribution in [1.29, 1.82) is 0 Å². The van der Waals surface area contributed by atoms with Crippen LogP contribution in [0.1, 0.15) is 22.5 Å². The molecule has 1 aromatic heterocycles. The van der Waals surface area contributed by atoms with Gasteiger partial charge in [-0.1, -0.05) is 6.07 Å². The summed E-state index contributed by atoms with van der Waals surface area (Å²) in [4.78, 5) is 22.7. The number of rotatable bonds is 7. The molecule has 128 valence electrons. The Balaban J connectivity index is 1.98. The van der Waals surface area contributed by atoms with Gasteiger partial charge in [0.25, 0.3) is 5.91 Å². The maximum absolute atomic E-state index is 12.4. The van der Waals surface area contributed by atoms with Crippen LogP contribution in [0.25, 0.3) is 0 Å². The van der Waals surface area contributed by atoms with Crippen molar-refractivity contribution >= 4 is 33.3 Å². The Morgan fingerprint density at radius 2 is 2.04 bits per heavy atom. The van der Waals surface area contributed by atoms with E-state index in [-0.39, 0.29) is 5.91 Å². The van der Waals surface area contributed by atoms with Gasteiger partial charge < -0.3 is 15.5 Å². The number of carbonyl (C=O) groups is 1.